The molecule has 1 aromatic heterocycles. The van der Waals surface area contributed by atoms with Gasteiger partial charge >= 0.3 is 0 Å². The molecule has 1 heterocycles. The molecular weight excluding hydrogens is 376 g/mol. The zero-order chi connectivity index (χ0) is 20.7. The van der Waals surface area contributed by atoms with Gasteiger partial charge in [0.05, 0.1) is 11.1 Å². The summed E-state index contributed by atoms with van der Waals surface area (Å²) in [5.74, 6) is 0.753. The third-order valence-electron chi connectivity index (χ3n) is 6.21. The average molecular weight is 396 g/mol. The lowest BCUT2D eigenvalue weighted by atomic mass is 9.69. The molecule has 0 saturated heterocycles. The monoisotopic (exact) mass is 396 g/mol. The summed E-state index contributed by atoms with van der Waals surface area (Å²) in [6.07, 6.45) is 2.00. The fraction of sp³-hybridized carbons (Fsp3) is 0.0345. The first-order chi connectivity index (χ1) is 15.4. The van der Waals surface area contributed by atoms with E-state index in [0.29, 0.717) is 0 Å². The van der Waals surface area contributed by atoms with Gasteiger partial charge in [-0.15, -0.1) is 0 Å². The maximum absolute atomic E-state index is 5.23. The van der Waals surface area contributed by atoms with Gasteiger partial charge in [-0.3, -0.25) is 0 Å². The molecule has 5 aromatic rings. The average Bonchev–Trinajstić information content (AvgIpc) is 3.16. The molecule has 0 bridgehead atoms. The van der Waals surface area contributed by atoms with E-state index in [1.54, 1.807) is 0 Å². The molecule has 6 rings (SSSR count). The van der Waals surface area contributed by atoms with Gasteiger partial charge in [-0.1, -0.05) is 115 Å². The van der Waals surface area contributed by atoms with Gasteiger partial charge in [0.25, 0.3) is 0 Å². The van der Waals surface area contributed by atoms with E-state index in [9.17, 15) is 0 Å². The maximum atomic E-state index is 5.23. The molecule has 2 heteroatoms. The van der Waals surface area contributed by atoms with Crippen molar-refractivity contribution in [1.82, 2.24) is 9.97 Å². The lowest BCUT2D eigenvalue weighted by Gasteiger charge is -2.32. The quantitative estimate of drug-likeness (QED) is 0.341. The first-order valence-electron chi connectivity index (χ1n) is 10.5. The zero-order valence-corrected chi connectivity index (χ0v) is 16.9. The largest absolute Gasteiger partial charge is 0.236 e. The number of rotatable bonds is 3. The topological polar surface area (TPSA) is 25.8 Å². The Hall–Kier alpha value is -4.04. The second kappa shape index (κ2) is 7.03. The second-order valence-corrected chi connectivity index (χ2v) is 7.85. The van der Waals surface area contributed by atoms with Crippen LogP contribution in [0.2, 0.25) is 0 Å². The Labute approximate surface area is 181 Å². The molecule has 4 aromatic carbocycles. The van der Waals surface area contributed by atoms with Crippen LogP contribution in [0.4, 0.5) is 0 Å². The van der Waals surface area contributed by atoms with Crippen molar-refractivity contribution < 1.29 is 0 Å². The van der Waals surface area contributed by atoms with Crippen LogP contribution in [0, 0.1) is 0 Å². The van der Waals surface area contributed by atoms with Crippen molar-refractivity contribution in [3.05, 3.63) is 144 Å². The van der Waals surface area contributed by atoms with Crippen LogP contribution in [-0.2, 0) is 5.41 Å². The Kier molecular flexibility index (Phi) is 4.03. The Balaban J connectivity index is 1.74. The molecule has 0 fully saturated rings. The van der Waals surface area contributed by atoms with Gasteiger partial charge in [0.15, 0.2) is 5.82 Å². The lowest BCUT2D eigenvalue weighted by molar-refractivity contribution is 0.736. The fourth-order valence-electron chi connectivity index (χ4n) is 4.89. The highest BCUT2D eigenvalue weighted by Gasteiger charge is 2.47. The summed E-state index contributed by atoms with van der Waals surface area (Å²) in [6, 6.07) is 40.3. The van der Waals surface area contributed by atoms with Gasteiger partial charge < -0.3 is 0 Å². The van der Waals surface area contributed by atoms with Crippen molar-refractivity contribution in [3.63, 3.8) is 0 Å². The standard InChI is InChI=1S/C29H20N2/c1-4-12-21(13-5-1)28-30-20-25-24-18-10-11-19-26(24)29(27(25)31-28,22-14-6-2-7-15-22)23-16-8-3-9-17-23/h1-20H. The van der Waals surface area contributed by atoms with E-state index in [4.69, 9.17) is 9.97 Å². The normalized spacial score (nSPS) is 13.4. The molecule has 0 aliphatic heterocycles. The Morgan fingerprint density at radius 2 is 1.06 bits per heavy atom. The van der Waals surface area contributed by atoms with Crippen LogP contribution < -0.4 is 0 Å². The highest BCUT2D eigenvalue weighted by Crippen LogP contribution is 2.55. The SMILES string of the molecule is c1ccc(-c2ncc3c(n2)C(c2ccccc2)(c2ccccc2)c2ccccc2-3)cc1. The van der Waals surface area contributed by atoms with E-state index >= 15 is 0 Å². The Morgan fingerprint density at radius 1 is 0.516 bits per heavy atom. The minimum absolute atomic E-state index is 0.485. The van der Waals surface area contributed by atoms with Crippen LogP contribution in [0.25, 0.3) is 22.5 Å². The van der Waals surface area contributed by atoms with Crippen molar-refractivity contribution >= 4 is 0 Å². The Morgan fingerprint density at radius 3 is 1.71 bits per heavy atom. The van der Waals surface area contributed by atoms with Crippen LogP contribution in [0.15, 0.2) is 121 Å². The molecule has 31 heavy (non-hydrogen) atoms. The van der Waals surface area contributed by atoms with E-state index in [-0.39, 0.29) is 0 Å². The third kappa shape index (κ3) is 2.58. The molecule has 0 atom stereocenters. The van der Waals surface area contributed by atoms with Crippen molar-refractivity contribution in [2.45, 2.75) is 5.41 Å². The summed E-state index contributed by atoms with van der Waals surface area (Å²) in [5.41, 5.74) is 7.56. The number of hydrogen-bond donors (Lipinski definition) is 0. The maximum Gasteiger partial charge on any atom is 0.159 e. The highest BCUT2D eigenvalue weighted by molar-refractivity contribution is 5.85. The van der Waals surface area contributed by atoms with Gasteiger partial charge in [-0.05, 0) is 22.3 Å². The number of nitrogens with zero attached hydrogens (tertiary/aromatic N) is 2. The summed E-state index contributed by atoms with van der Waals surface area (Å²) in [6.45, 7) is 0. The number of hydrogen-bond acceptors (Lipinski definition) is 2. The zero-order valence-electron chi connectivity index (χ0n) is 16.9. The van der Waals surface area contributed by atoms with E-state index in [2.05, 4.69) is 97.1 Å². The fourth-order valence-corrected chi connectivity index (χ4v) is 4.89. The molecule has 0 spiro atoms. The molecule has 0 unspecified atom stereocenters. The summed E-state index contributed by atoms with van der Waals surface area (Å²) in [4.78, 5) is 9.99. The van der Waals surface area contributed by atoms with E-state index in [0.717, 1.165) is 22.6 Å². The predicted octanol–water partition coefficient (Wildman–Crippen LogP) is 6.51. The first-order valence-corrected chi connectivity index (χ1v) is 10.5. The molecule has 146 valence electrons. The van der Waals surface area contributed by atoms with Crippen LogP contribution in [0.5, 0.6) is 0 Å². The highest BCUT2D eigenvalue weighted by atomic mass is 14.9. The van der Waals surface area contributed by atoms with Crippen LogP contribution in [0.1, 0.15) is 22.4 Å². The molecule has 0 N–H and O–H groups in total. The Bertz CT molecular complexity index is 1320. The van der Waals surface area contributed by atoms with Crippen molar-refractivity contribution in [2.24, 2.45) is 0 Å². The lowest BCUT2D eigenvalue weighted by Crippen LogP contribution is -2.29. The molecule has 0 amide bonds. The van der Waals surface area contributed by atoms with Crippen molar-refractivity contribution in [3.8, 4) is 22.5 Å². The van der Waals surface area contributed by atoms with Crippen LogP contribution in [-0.4, -0.2) is 9.97 Å². The van der Waals surface area contributed by atoms with Gasteiger partial charge in [-0.2, -0.15) is 0 Å². The number of benzene rings is 4. The number of fused-ring (bicyclic) bond motifs is 3. The molecular formula is C29H20N2. The van der Waals surface area contributed by atoms with Gasteiger partial charge in [0.1, 0.15) is 0 Å². The third-order valence-corrected chi connectivity index (χ3v) is 6.21. The molecule has 1 aliphatic rings. The molecule has 0 radical (unpaired) electrons. The second-order valence-electron chi connectivity index (χ2n) is 7.85. The van der Waals surface area contributed by atoms with Crippen molar-refractivity contribution in [1.29, 1.82) is 0 Å². The summed E-state index contributed by atoms with van der Waals surface area (Å²) >= 11 is 0. The van der Waals surface area contributed by atoms with Gasteiger partial charge in [0.2, 0.25) is 0 Å². The van der Waals surface area contributed by atoms with Gasteiger partial charge in [-0.25, -0.2) is 9.97 Å². The minimum Gasteiger partial charge on any atom is -0.236 e. The molecule has 1 aliphatic carbocycles. The first kappa shape index (κ1) is 17.8. The smallest absolute Gasteiger partial charge is 0.159 e. The molecule has 0 saturated carbocycles. The summed E-state index contributed by atoms with van der Waals surface area (Å²) in [7, 11) is 0. The van der Waals surface area contributed by atoms with Gasteiger partial charge in [0, 0.05) is 17.3 Å². The van der Waals surface area contributed by atoms with E-state index < -0.39 is 5.41 Å². The minimum atomic E-state index is -0.485. The van der Waals surface area contributed by atoms with Crippen LogP contribution in [0.3, 0.4) is 0 Å². The predicted molar refractivity (Wildman–Crippen MR) is 125 cm³/mol. The number of aromatic nitrogens is 2. The van der Waals surface area contributed by atoms with Crippen LogP contribution >= 0.6 is 0 Å². The summed E-state index contributed by atoms with van der Waals surface area (Å²) in [5, 5.41) is 0. The van der Waals surface area contributed by atoms with E-state index in [1.165, 1.54) is 22.3 Å². The van der Waals surface area contributed by atoms with Crippen molar-refractivity contribution in [2.75, 3.05) is 0 Å². The van der Waals surface area contributed by atoms with E-state index in [1.807, 2.05) is 24.4 Å². The molecule has 2 nitrogen and oxygen atoms in total. The summed E-state index contributed by atoms with van der Waals surface area (Å²) < 4.78 is 0.